The molecular formula is C98H102Cl3N9O14. The fourth-order valence-electron chi connectivity index (χ4n) is 16.7. The molecule has 0 saturated carbocycles. The fourth-order valence-corrected chi connectivity index (χ4v) is 17.0. The number of ether oxygens (including phenoxy) is 4. The van der Waals surface area contributed by atoms with Crippen LogP contribution in [0.2, 0.25) is 15.1 Å². The number of nitrogens with zero attached hydrogens (tertiary/aromatic N) is 3. The summed E-state index contributed by atoms with van der Waals surface area (Å²) in [7, 11) is 0. The van der Waals surface area contributed by atoms with Gasteiger partial charge in [0.05, 0.1) is 63.1 Å². The second-order valence-electron chi connectivity index (χ2n) is 31.4. The lowest BCUT2D eigenvalue weighted by atomic mass is 9.93. The molecular weight excluding hydrogens is 1630 g/mol. The lowest BCUT2D eigenvalue weighted by molar-refractivity contribution is -0.118. The van der Waals surface area contributed by atoms with Crippen molar-refractivity contribution in [2.24, 2.45) is 0 Å². The summed E-state index contributed by atoms with van der Waals surface area (Å²) in [5, 5.41) is 52.0. The number of carboxylic acids is 1. The predicted octanol–water partition coefficient (Wildman–Crippen LogP) is 20.5. The first-order valence-corrected chi connectivity index (χ1v) is 42.6. The average molecular weight is 1740 g/mol. The summed E-state index contributed by atoms with van der Waals surface area (Å²) < 4.78 is 39.7. The topological polar surface area (TPSA) is 324 Å². The number of fused-ring (bicyclic) bond motifs is 3. The molecule has 6 heterocycles. The zero-order valence-electron chi connectivity index (χ0n) is 71.9. The highest BCUT2D eigenvalue weighted by Crippen LogP contribution is 2.47. The summed E-state index contributed by atoms with van der Waals surface area (Å²) in [6.45, 7) is 27.6. The first kappa shape index (κ1) is 89.3. The Kier molecular flexibility index (Phi) is 28.7. The van der Waals surface area contributed by atoms with Crippen molar-refractivity contribution >= 4 is 81.2 Å². The van der Waals surface area contributed by atoms with Crippen LogP contribution in [-0.4, -0.2) is 96.9 Å². The minimum absolute atomic E-state index is 0.0877. The summed E-state index contributed by atoms with van der Waals surface area (Å²) in [4.78, 5) is 63.9. The number of carbonyl (C=O) groups is 5. The maximum absolute atomic E-state index is 13.7. The molecule has 3 amide bonds. The van der Waals surface area contributed by atoms with Crippen molar-refractivity contribution in [1.82, 2.24) is 46.5 Å². The van der Waals surface area contributed by atoms with Gasteiger partial charge in [0.2, 0.25) is 29.2 Å². The molecule has 12 aromatic rings. The third kappa shape index (κ3) is 20.3. The molecule has 23 nitrogen and oxygen atoms in total. The van der Waals surface area contributed by atoms with Gasteiger partial charge in [-0.05, 0) is 302 Å². The lowest BCUT2D eigenvalue weighted by Gasteiger charge is -2.13. The Morgan fingerprint density at radius 3 is 1.00 bits per heavy atom. The number of carboxylic acid groups (broad SMARTS) is 1. The van der Waals surface area contributed by atoms with Crippen LogP contribution in [0.25, 0.3) is 50.1 Å². The highest BCUT2D eigenvalue weighted by Gasteiger charge is 2.34. The molecule has 0 spiro atoms. The number of rotatable bonds is 31. The molecule has 0 atom stereocenters. The van der Waals surface area contributed by atoms with E-state index in [9.17, 15) is 29.1 Å². The van der Waals surface area contributed by atoms with Gasteiger partial charge < -0.3 is 58.4 Å². The fraction of sp³-hybridized carbons (Fsp3) is 0.306. The molecule has 3 aliphatic carbocycles. The van der Waals surface area contributed by atoms with Crippen LogP contribution in [0.1, 0.15) is 191 Å². The third-order valence-electron chi connectivity index (χ3n) is 22.6. The molecule has 644 valence electrons. The normalized spacial score (nSPS) is 12.5. The van der Waals surface area contributed by atoms with Crippen LogP contribution in [0.3, 0.4) is 0 Å². The minimum atomic E-state index is -1.15. The highest BCUT2D eigenvalue weighted by molar-refractivity contribution is 6.33. The zero-order chi connectivity index (χ0) is 88.3. The molecule has 0 saturated heterocycles. The largest absolute Gasteiger partial charge is 0.494 e. The van der Waals surface area contributed by atoms with Crippen molar-refractivity contribution in [3.8, 4) is 50.6 Å². The number of hydrogen-bond donors (Lipinski definition) is 8. The molecule has 0 unspecified atom stereocenters. The molecule has 0 fully saturated rings. The van der Waals surface area contributed by atoms with E-state index in [1.165, 1.54) is 6.07 Å². The number of aromatic nitrogens is 6. The predicted molar refractivity (Wildman–Crippen MR) is 480 cm³/mol. The van der Waals surface area contributed by atoms with Gasteiger partial charge in [0.1, 0.15) is 46.9 Å². The molecule has 15 rings (SSSR count). The van der Waals surface area contributed by atoms with Crippen molar-refractivity contribution in [3.63, 3.8) is 0 Å². The van der Waals surface area contributed by atoms with Gasteiger partial charge >= 0.3 is 11.9 Å². The molecule has 0 radical (unpaired) electrons. The van der Waals surface area contributed by atoms with E-state index in [4.69, 9.17) is 72.1 Å². The Labute approximate surface area is 735 Å². The highest BCUT2D eigenvalue weighted by atomic mass is 35.5. The lowest BCUT2D eigenvalue weighted by Crippen LogP contribution is -2.25. The number of benzene rings is 6. The number of aliphatic hydroxyl groups excluding tert-OH is 1. The number of nitrogens with one attached hydrogen (secondary N) is 6. The summed E-state index contributed by atoms with van der Waals surface area (Å²) in [6.07, 6.45) is 5.71. The van der Waals surface area contributed by atoms with Crippen molar-refractivity contribution in [1.29, 1.82) is 0 Å². The SMILES string of the molecule is CCOC(=O)c1ccc(CNC(=O)C2=C(CCCOc3cc(C)c(Cl)c(C)c3)c3cccc(-c4c(C)n[nH]c4C)c3C2)o1.Cc1cc(OCCCC2=C(C(=O)NCc3ccc(C(=O)O)o3)Cc3c2cccc3-c2c(C)n[nH]c2C)cc(C)c1Cl.Cc1cc(OCCCC2=C(C(=O)NCc3ccc(CO)o3)Cc3c2cccc3-c2c(C)n[nH]c2C)cc(C)c1Cl. The monoisotopic (exact) mass is 1730 g/mol. The number of H-pyrrole nitrogens is 3. The van der Waals surface area contributed by atoms with Gasteiger partial charge in [-0.3, -0.25) is 29.7 Å². The van der Waals surface area contributed by atoms with Crippen molar-refractivity contribution in [3.05, 3.63) is 295 Å². The second kappa shape index (κ2) is 39.8. The molecule has 3 aliphatic rings. The summed E-state index contributed by atoms with van der Waals surface area (Å²) in [6, 6.07) is 40.0. The Hall–Kier alpha value is -12.4. The van der Waals surface area contributed by atoms with E-state index in [-0.39, 0.29) is 62.1 Å². The van der Waals surface area contributed by atoms with Crippen LogP contribution in [0.15, 0.2) is 157 Å². The van der Waals surface area contributed by atoms with Gasteiger partial charge in [0, 0.05) is 84.8 Å². The van der Waals surface area contributed by atoms with E-state index in [1.54, 1.807) is 37.3 Å². The maximum atomic E-state index is 13.7. The number of amides is 3. The van der Waals surface area contributed by atoms with Crippen LogP contribution >= 0.6 is 34.8 Å². The molecule has 6 aromatic heterocycles. The number of aromatic amines is 3. The number of halogens is 3. The van der Waals surface area contributed by atoms with Crippen molar-refractivity contribution in [2.75, 3.05) is 26.4 Å². The number of aromatic carboxylic acids is 1. The number of carbonyl (C=O) groups excluding carboxylic acids is 4. The van der Waals surface area contributed by atoms with Crippen LogP contribution in [0.4, 0.5) is 0 Å². The number of furan rings is 3. The number of esters is 1. The number of allylic oxidation sites excluding steroid dienone is 3. The van der Waals surface area contributed by atoms with Gasteiger partial charge in [0.15, 0.2) is 0 Å². The van der Waals surface area contributed by atoms with Gasteiger partial charge in [-0.1, -0.05) is 89.4 Å². The smallest absolute Gasteiger partial charge is 0.374 e. The van der Waals surface area contributed by atoms with E-state index >= 15 is 0 Å². The molecule has 0 bridgehead atoms. The first-order valence-electron chi connectivity index (χ1n) is 41.5. The van der Waals surface area contributed by atoms with E-state index in [0.717, 1.165) is 207 Å². The number of aryl methyl sites for hydroxylation is 12. The standard InChI is InChI=1S/C34H36ClN3O5.C32H32ClN3O5.C32H34ClN3O4/c1-6-41-34(40)30-13-12-23(43-30)18-36-33(39)29-17-28-25(9-7-10-27(28)31-21(4)37-38-22(31)5)26(29)11-8-14-42-24-15-19(2)32(35)20(3)16-24;1-17-13-22(14-18(2)30(17)33)40-12-6-9-24-23-7-5-8-25(29-19(3)35-36-20(29)4)26(23)15-27(24)31(37)34-16-21-10-11-28(41-21)32(38)39;1-18-13-24(14-19(2)31(18)33)39-12-6-9-26-25-7-5-8-27(30-20(3)35-36-21(30)4)28(25)15-29(26)32(38)34-16-22-10-11-23(17-37)40-22/h7,9-10,12-13,15-16H,6,8,11,14,17-18H2,1-5H3,(H,36,39)(H,37,38);5,7-8,10-11,13-14H,6,9,12,15-16H2,1-4H3,(H,34,37)(H,35,36)(H,38,39);5,7-8,10-11,13-14,37H,6,9,12,15-17H2,1-4H3,(H,34,38)(H,35,36). The Morgan fingerprint density at radius 2 is 0.710 bits per heavy atom. The number of hydrogen-bond acceptors (Lipinski definition) is 16. The second-order valence-corrected chi connectivity index (χ2v) is 32.6. The zero-order valence-corrected chi connectivity index (χ0v) is 74.2. The average Bonchev–Trinajstić information content (AvgIpc) is 1.62. The summed E-state index contributed by atoms with van der Waals surface area (Å²) in [5.74, 6) is 2.05. The first-order chi connectivity index (χ1) is 59.6. The van der Waals surface area contributed by atoms with Crippen molar-refractivity contribution in [2.45, 2.75) is 174 Å². The quantitative estimate of drug-likeness (QED) is 0.0148. The third-order valence-corrected chi connectivity index (χ3v) is 24.4. The van der Waals surface area contributed by atoms with E-state index in [2.05, 4.69) is 89.0 Å². The van der Waals surface area contributed by atoms with Crippen LogP contribution in [0, 0.1) is 83.1 Å². The van der Waals surface area contributed by atoms with Gasteiger partial charge in [0.25, 0.3) is 0 Å². The van der Waals surface area contributed by atoms with Crippen molar-refractivity contribution < 1.29 is 66.4 Å². The molecule has 0 aliphatic heterocycles. The van der Waals surface area contributed by atoms with E-state index in [1.807, 2.05) is 132 Å². The van der Waals surface area contributed by atoms with Crippen LogP contribution in [0.5, 0.6) is 17.2 Å². The Morgan fingerprint density at radius 1 is 0.411 bits per heavy atom. The maximum Gasteiger partial charge on any atom is 0.374 e. The number of aliphatic hydroxyl groups is 1. The summed E-state index contributed by atoms with van der Waals surface area (Å²) in [5.41, 5.74) is 29.8. The Balaban J connectivity index is 0.000000160. The van der Waals surface area contributed by atoms with Gasteiger partial charge in [-0.25, -0.2) is 9.59 Å². The van der Waals surface area contributed by atoms with Gasteiger partial charge in [-0.2, -0.15) is 15.3 Å². The molecule has 8 N–H and O–H groups in total. The molecule has 26 heteroatoms. The summed E-state index contributed by atoms with van der Waals surface area (Å²) >= 11 is 18.9. The van der Waals surface area contributed by atoms with E-state index in [0.29, 0.717) is 93.4 Å². The van der Waals surface area contributed by atoms with Crippen LogP contribution < -0.4 is 30.2 Å². The molecule has 124 heavy (non-hydrogen) atoms. The van der Waals surface area contributed by atoms with E-state index < -0.39 is 11.9 Å². The Bertz CT molecular complexity index is 6030. The van der Waals surface area contributed by atoms with Crippen LogP contribution in [-0.2, 0) is 64.6 Å². The van der Waals surface area contributed by atoms with Gasteiger partial charge in [-0.15, -0.1) is 0 Å². The minimum Gasteiger partial charge on any atom is -0.494 e. The molecule has 6 aromatic carbocycles.